The Balaban J connectivity index is 1.44. The van der Waals surface area contributed by atoms with Crippen molar-refractivity contribution in [2.75, 3.05) is 42.3 Å². The van der Waals surface area contributed by atoms with Crippen LogP contribution < -0.4 is 10.2 Å². The predicted molar refractivity (Wildman–Crippen MR) is 107 cm³/mol. The maximum absolute atomic E-state index is 12.1. The molecule has 0 aliphatic carbocycles. The van der Waals surface area contributed by atoms with Gasteiger partial charge in [-0.3, -0.25) is 4.79 Å². The number of aryl methyl sites for hydroxylation is 2. The first-order chi connectivity index (χ1) is 12.6. The maximum Gasteiger partial charge on any atom is 0.225 e. The average molecular weight is 372 g/mol. The summed E-state index contributed by atoms with van der Waals surface area (Å²) in [6.45, 7) is 7.40. The smallest absolute Gasteiger partial charge is 0.225 e. The average Bonchev–Trinajstić information content (AvgIpc) is 2.66. The molecule has 0 unspecified atom stereocenters. The van der Waals surface area contributed by atoms with E-state index in [-0.39, 0.29) is 5.91 Å². The molecule has 0 spiro atoms. The van der Waals surface area contributed by atoms with E-state index in [4.69, 9.17) is 4.74 Å². The zero-order valence-electron chi connectivity index (χ0n) is 15.3. The molecule has 0 bridgehead atoms. The van der Waals surface area contributed by atoms with Gasteiger partial charge in [0, 0.05) is 30.2 Å². The molecule has 6 heteroatoms. The normalized spacial score (nSPS) is 14.3. The highest BCUT2D eigenvalue weighted by molar-refractivity contribution is 7.99. The van der Waals surface area contributed by atoms with E-state index in [1.807, 2.05) is 12.1 Å². The minimum Gasteiger partial charge on any atom is -0.378 e. The SMILES string of the molecule is Cc1ccc(SCCC(=O)Nc2ccc(N3CCOCC3)nc2)cc1C. The number of hydrogen-bond donors (Lipinski definition) is 1. The summed E-state index contributed by atoms with van der Waals surface area (Å²) in [4.78, 5) is 20.0. The van der Waals surface area contributed by atoms with E-state index in [9.17, 15) is 4.79 Å². The van der Waals surface area contributed by atoms with Crippen molar-refractivity contribution in [3.8, 4) is 0 Å². The molecule has 1 amide bonds. The number of morpholine rings is 1. The van der Waals surface area contributed by atoms with Gasteiger partial charge in [-0.2, -0.15) is 0 Å². The van der Waals surface area contributed by atoms with Crippen molar-refractivity contribution in [3.63, 3.8) is 0 Å². The van der Waals surface area contributed by atoms with Crippen LogP contribution >= 0.6 is 11.8 Å². The van der Waals surface area contributed by atoms with Crippen LogP contribution in [0.1, 0.15) is 17.5 Å². The highest BCUT2D eigenvalue weighted by atomic mass is 32.2. The predicted octanol–water partition coefficient (Wildman–Crippen LogP) is 3.66. The van der Waals surface area contributed by atoms with Crippen LogP contribution in [-0.4, -0.2) is 42.9 Å². The van der Waals surface area contributed by atoms with E-state index >= 15 is 0 Å². The molecular weight excluding hydrogens is 346 g/mol. The Bertz CT molecular complexity index is 743. The topological polar surface area (TPSA) is 54.5 Å². The number of nitrogens with zero attached hydrogens (tertiary/aromatic N) is 2. The van der Waals surface area contributed by atoms with Crippen molar-refractivity contribution >= 4 is 29.2 Å². The number of carbonyl (C=O) groups excluding carboxylic acids is 1. The maximum atomic E-state index is 12.1. The Labute approximate surface area is 159 Å². The van der Waals surface area contributed by atoms with Crippen LogP contribution in [0.25, 0.3) is 0 Å². The minimum atomic E-state index is 0.0160. The van der Waals surface area contributed by atoms with Crippen molar-refractivity contribution in [2.24, 2.45) is 0 Å². The second kappa shape index (κ2) is 9.05. The number of pyridine rings is 1. The van der Waals surface area contributed by atoms with Gasteiger partial charge >= 0.3 is 0 Å². The second-order valence-electron chi connectivity index (χ2n) is 6.40. The number of ether oxygens (including phenoxy) is 1. The molecule has 1 N–H and O–H groups in total. The van der Waals surface area contributed by atoms with Gasteiger partial charge in [-0.05, 0) is 49.2 Å². The second-order valence-corrected chi connectivity index (χ2v) is 7.57. The van der Waals surface area contributed by atoms with Crippen molar-refractivity contribution in [2.45, 2.75) is 25.2 Å². The summed E-state index contributed by atoms with van der Waals surface area (Å²) in [6, 6.07) is 10.3. The van der Waals surface area contributed by atoms with Gasteiger partial charge in [0.15, 0.2) is 0 Å². The van der Waals surface area contributed by atoms with E-state index < -0.39 is 0 Å². The Morgan fingerprint density at radius 3 is 2.69 bits per heavy atom. The monoisotopic (exact) mass is 371 g/mol. The summed E-state index contributed by atoms with van der Waals surface area (Å²) in [6.07, 6.45) is 2.20. The van der Waals surface area contributed by atoms with Crippen molar-refractivity contribution in [3.05, 3.63) is 47.7 Å². The number of hydrogen-bond acceptors (Lipinski definition) is 5. The summed E-state index contributed by atoms with van der Waals surface area (Å²) in [5.74, 6) is 1.70. The number of anilines is 2. The number of nitrogens with one attached hydrogen (secondary N) is 1. The van der Waals surface area contributed by atoms with Gasteiger partial charge in [-0.1, -0.05) is 6.07 Å². The summed E-state index contributed by atoms with van der Waals surface area (Å²) < 4.78 is 5.35. The first-order valence-corrected chi connectivity index (χ1v) is 9.89. The lowest BCUT2D eigenvalue weighted by atomic mass is 10.1. The zero-order valence-corrected chi connectivity index (χ0v) is 16.1. The molecule has 1 fully saturated rings. The molecule has 0 radical (unpaired) electrons. The summed E-state index contributed by atoms with van der Waals surface area (Å²) in [7, 11) is 0. The molecule has 0 saturated carbocycles. The van der Waals surface area contributed by atoms with Crippen molar-refractivity contribution in [1.29, 1.82) is 0 Å². The molecule has 3 rings (SSSR count). The quantitative estimate of drug-likeness (QED) is 0.786. The Kier molecular flexibility index (Phi) is 6.52. The molecule has 5 nitrogen and oxygen atoms in total. The van der Waals surface area contributed by atoms with Crippen LogP contribution in [0.4, 0.5) is 11.5 Å². The first kappa shape index (κ1) is 18.7. The van der Waals surface area contributed by atoms with Gasteiger partial charge in [0.05, 0.1) is 25.1 Å². The van der Waals surface area contributed by atoms with Gasteiger partial charge in [0.2, 0.25) is 5.91 Å². The van der Waals surface area contributed by atoms with Crippen molar-refractivity contribution in [1.82, 2.24) is 4.98 Å². The van der Waals surface area contributed by atoms with Crippen LogP contribution in [0.3, 0.4) is 0 Å². The van der Waals surface area contributed by atoms with Crippen LogP contribution in [0.5, 0.6) is 0 Å². The molecule has 0 atom stereocenters. The van der Waals surface area contributed by atoms with Crippen molar-refractivity contribution < 1.29 is 9.53 Å². The van der Waals surface area contributed by atoms with E-state index in [0.29, 0.717) is 6.42 Å². The number of amides is 1. The fraction of sp³-hybridized carbons (Fsp3) is 0.400. The summed E-state index contributed by atoms with van der Waals surface area (Å²) in [5, 5.41) is 2.92. The van der Waals surface area contributed by atoms with Crippen LogP contribution in [0, 0.1) is 13.8 Å². The minimum absolute atomic E-state index is 0.0160. The molecule has 1 saturated heterocycles. The standard InChI is InChI=1S/C20H25N3O2S/c1-15-3-5-18(13-16(15)2)26-12-7-20(24)22-17-4-6-19(21-14-17)23-8-10-25-11-9-23/h3-6,13-14H,7-12H2,1-2H3,(H,22,24). The third kappa shape index (κ3) is 5.22. The van der Waals surface area contributed by atoms with Crippen LogP contribution in [0.2, 0.25) is 0 Å². The van der Waals surface area contributed by atoms with Crippen LogP contribution in [-0.2, 0) is 9.53 Å². The third-order valence-electron chi connectivity index (χ3n) is 4.44. The van der Waals surface area contributed by atoms with Gasteiger partial charge in [-0.15, -0.1) is 11.8 Å². The molecule has 2 heterocycles. The third-order valence-corrected chi connectivity index (χ3v) is 5.44. The molecule has 1 aliphatic heterocycles. The van der Waals surface area contributed by atoms with E-state index in [1.54, 1.807) is 18.0 Å². The summed E-state index contributed by atoms with van der Waals surface area (Å²) in [5.41, 5.74) is 3.31. The van der Waals surface area contributed by atoms with Gasteiger partial charge in [-0.25, -0.2) is 4.98 Å². The van der Waals surface area contributed by atoms with E-state index in [1.165, 1.54) is 16.0 Å². The largest absolute Gasteiger partial charge is 0.378 e. The Morgan fingerprint density at radius 1 is 1.19 bits per heavy atom. The van der Waals surface area contributed by atoms with Gasteiger partial charge in [0.25, 0.3) is 0 Å². The molecular formula is C20H25N3O2S. The highest BCUT2D eigenvalue weighted by Gasteiger charge is 2.12. The molecule has 1 aliphatic rings. The number of aromatic nitrogens is 1. The number of carbonyl (C=O) groups is 1. The molecule has 1 aromatic heterocycles. The lowest BCUT2D eigenvalue weighted by molar-refractivity contribution is -0.115. The van der Waals surface area contributed by atoms with E-state index in [0.717, 1.165) is 43.6 Å². The Morgan fingerprint density at radius 2 is 2.00 bits per heavy atom. The van der Waals surface area contributed by atoms with Crippen LogP contribution in [0.15, 0.2) is 41.4 Å². The fourth-order valence-corrected chi connectivity index (χ4v) is 3.68. The zero-order chi connectivity index (χ0) is 18.4. The first-order valence-electron chi connectivity index (χ1n) is 8.90. The fourth-order valence-electron chi connectivity index (χ4n) is 2.73. The van der Waals surface area contributed by atoms with Gasteiger partial charge < -0.3 is 15.0 Å². The lowest BCUT2D eigenvalue weighted by Crippen LogP contribution is -2.36. The number of thioether (sulfide) groups is 1. The lowest BCUT2D eigenvalue weighted by Gasteiger charge is -2.27. The number of benzene rings is 1. The molecule has 2 aromatic rings. The summed E-state index contributed by atoms with van der Waals surface area (Å²) >= 11 is 1.71. The van der Waals surface area contributed by atoms with Gasteiger partial charge in [0.1, 0.15) is 5.82 Å². The molecule has 138 valence electrons. The highest BCUT2D eigenvalue weighted by Crippen LogP contribution is 2.22. The molecule has 1 aromatic carbocycles. The number of rotatable bonds is 6. The van der Waals surface area contributed by atoms with E-state index in [2.05, 4.69) is 47.2 Å². The molecule has 26 heavy (non-hydrogen) atoms. The Hall–Kier alpha value is -2.05.